The molecule has 0 unspecified atom stereocenters. The molecule has 0 radical (unpaired) electrons. The summed E-state index contributed by atoms with van der Waals surface area (Å²) in [6.45, 7) is 0. The summed E-state index contributed by atoms with van der Waals surface area (Å²) >= 11 is 1.31. The number of benzene rings is 3. The monoisotopic (exact) mass is 430 g/mol. The molecule has 3 aromatic rings. The SMILES string of the molecule is O=C1[C@@H](Cc2cccc([N+](=O)[O-])c2)S/C(=N/N=C\c2ccccc2)N1c1ccccc1. The summed E-state index contributed by atoms with van der Waals surface area (Å²) in [5, 5.41) is 19.6. The summed E-state index contributed by atoms with van der Waals surface area (Å²) in [4.78, 5) is 25.4. The number of nitro groups is 1. The van der Waals surface area contributed by atoms with E-state index in [0.29, 0.717) is 17.3 Å². The Morgan fingerprint density at radius 3 is 2.42 bits per heavy atom. The van der Waals surface area contributed by atoms with Crippen molar-refractivity contribution in [3.05, 3.63) is 106 Å². The molecule has 0 aromatic heterocycles. The lowest BCUT2D eigenvalue weighted by Gasteiger charge is -2.15. The van der Waals surface area contributed by atoms with Gasteiger partial charge in [-0.15, -0.1) is 5.10 Å². The van der Waals surface area contributed by atoms with Crippen LogP contribution in [0.4, 0.5) is 11.4 Å². The molecule has 0 spiro atoms. The number of hydrogen-bond acceptors (Lipinski definition) is 6. The standard InChI is InChI=1S/C23H18N4O3S/c28-22-21(15-18-10-7-13-20(14-18)27(29)30)31-23(26(22)19-11-5-2-6-12-19)25-24-16-17-8-3-1-4-9-17/h1-14,16,21H,15H2/b24-16-,25-23+/t21-/m1/s1. The maximum absolute atomic E-state index is 13.2. The van der Waals surface area contributed by atoms with Crippen LogP contribution in [0, 0.1) is 10.1 Å². The van der Waals surface area contributed by atoms with Gasteiger partial charge < -0.3 is 0 Å². The molecule has 4 rings (SSSR count). The van der Waals surface area contributed by atoms with Gasteiger partial charge in [-0.2, -0.15) is 5.10 Å². The number of nitrogens with zero attached hydrogens (tertiary/aromatic N) is 4. The Labute approximate surface area is 183 Å². The van der Waals surface area contributed by atoms with Crippen molar-refractivity contribution in [3.8, 4) is 0 Å². The molecule has 154 valence electrons. The predicted octanol–water partition coefficient (Wildman–Crippen LogP) is 4.68. The van der Waals surface area contributed by atoms with Crippen molar-refractivity contribution in [2.45, 2.75) is 11.7 Å². The van der Waals surface area contributed by atoms with E-state index in [-0.39, 0.29) is 11.6 Å². The summed E-state index contributed by atoms with van der Waals surface area (Å²) in [7, 11) is 0. The van der Waals surface area contributed by atoms with Crippen LogP contribution in [0.25, 0.3) is 0 Å². The fraction of sp³-hybridized carbons (Fsp3) is 0.0870. The highest BCUT2D eigenvalue weighted by Crippen LogP contribution is 2.34. The molecule has 0 bridgehead atoms. The lowest BCUT2D eigenvalue weighted by Crippen LogP contribution is -2.32. The predicted molar refractivity (Wildman–Crippen MR) is 124 cm³/mol. The van der Waals surface area contributed by atoms with E-state index in [1.165, 1.54) is 23.9 Å². The van der Waals surface area contributed by atoms with Gasteiger partial charge in [0.1, 0.15) is 0 Å². The zero-order chi connectivity index (χ0) is 21.6. The smallest absolute Gasteiger partial charge is 0.269 e. The lowest BCUT2D eigenvalue weighted by atomic mass is 10.1. The average molecular weight is 430 g/mol. The number of carbonyl (C=O) groups is 1. The minimum absolute atomic E-state index is 0.00853. The maximum atomic E-state index is 13.2. The van der Waals surface area contributed by atoms with Crippen molar-refractivity contribution in [1.82, 2.24) is 0 Å². The van der Waals surface area contributed by atoms with Gasteiger partial charge in [-0.1, -0.05) is 72.4 Å². The van der Waals surface area contributed by atoms with E-state index < -0.39 is 10.2 Å². The quantitative estimate of drug-likeness (QED) is 0.323. The highest BCUT2D eigenvalue weighted by molar-refractivity contribution is 8.16. The molecule has 1 heterocycles. The Morgan fingerprint density at radius 1 is 1.00 bits per heavy atom. The van der Waals surface area contributed by atoms with Gasteiger partial charge in [0.2, 0.25) is 5.91 Å². The first-order valence-corrected chi connectivity index (χ1v) is 10.4. The van der Waals surface area contributed by atoms with Crippen molar-refractivity contribution in [2.75, 3.05) is 4.90 Å². The lowest BCUT2D eigenvalue weighted by molar-refractivity contribution is -0.384. The Balaban J connectivity index is 1.61. The van der Waals surface area contributed by atoms with Gasteiger partial charge in [0.25, 0.3) is 5.69 Å². The molecular formula is C23H18N4O3S. The molecular weight excluding hydrogens is 412 g/mol. The second-order valence-corrected chi connectivity index (χ2v) is 7.95. The number of para-hydroxylation sites is 1. The Morgan fingerprint density at radius 2 is 1.71 bits per heavy atom. The summed E-state index contributed by atoms with van der Waals surface area (Å²) in [5.41, 5.74) is 2.34. The topological polar surface area (TPSA) is 88.2 Å². The summed E-state index contributed by atoms with van der Waals surface area (Å²) < 4.78 is 0. The summed E-state index contributed by atoms with van der Waals surface area (Å²) in [6.07, 6.45) is 1.99. The van der Waals surface area contributed by atoms with Gasteiger partial charge in [-0.25, -0.2) is 0 Å². The number of thioether (sulfide) groups is 1. The van der Waals surface area contributed by atoms with Crippen molar-refractivity contribution < 1.29 is 9.72 Å². The summed E-state index contributed by atoms with van der Waals surface area (Å²) in [6, 6.07) is 25.2. The van der Waals surface area contributed by atoms with E-state index in [9.17, 15) is 14.9 Å². The van der Waals surface area contributed by atoms with Crippen LogP contribution >= 0.6 is 11.8 Å². The first kappa shape index (κ1) is 20.5. The fourth-order valence-electron chi connectivity index (χ4n) is 3.18. The first-order valence-electron chi connectivity index (χ1n) is 9.57. The van der Waals surface area contributed by atoms with Crippen LogP contribution in [0.2, 0.25) is 0 Å². The fourth-order valence-corrected chi connectivity index (χ4v) is 4.31. The number of non-ortho nitro benzene ring substituents is 1. The maximum Gasteiger partial charge on any atom is 0.269 e. The molecule has 1 fully saturated rings. The molecule has 1 aliphatic heterocycles. The number of amides is 1. The molecule has 1 atom stereocenters. The minimum atomic E-state index is -0.451. The van der Waals surface area contributed by atoms with E-state index in [0.717, 1.165) is 11.1 Å². The van der Waals surface area contributed by atoms with E-state index in [1.54, 1.807) is 23.2 Å². The van der Waals surface area contributed by atoms with Crippen molar-refractivity contribution in [2.24, 2.45) is 10.2 Å². The van der Waals surface area contributed by atoms with E-state index in [2.05, 4.69) is 10.2 Å². The molecule has 1 aliphatic rings. The van der Waals surface area contributed by atoms with Crippen LogP contribution in [0.15, 0.2) is 95.1 Å². The van der Waals surface area contributed by atoms with Gasteiger partial charge in [0.05, 0.1) is 22.1 Å². The molecule has 0 saturated carbocycles. The van der Waals surface area contributed by atoms with Crippen molar-refractivity contribution in [1.29, 1.82) is 0 Å². The van der Waals surface area contributed by atoms with Crippen LogP contribution < -0.4 is 4.90 Å². The number of nitro benzene ring substituents is 1. The van der Waals surface area contributed by atoms with Gasteiger partial charge in [0, 0.05) is 12.1 Å². The van der Waals surface area contributed by atoms with Gasteiger partial charge in [-0.3, -0.25) is 19.8 Å². The normalized spacial score (nSPS) is 17.5. The molecule has 8 heteroatoms. The van der Waals surface area contributed by atoms with Gasteiger partial charge in [0.15, 0.2) is 5.17 Å². The third-order valence-corrected chi connectivity index (χ3v) is 5.77. The number of amidine groups is 1. The third kappa shape index (κ3) is 4.87. The van der Waals surface area contributed by atoms with Crippen LogP contribution in [0.3, 0.4) is 0 Å². The largest absolute Gasteiger partial charge is 0.273 e. The zero-order valence-corrected chi connectivity index (χ0v) is 17.2. The number of hydrogen-bond donors (Lipinski definition) is 0. The highest BCUT2D eigenvalue weighted by Gasteiger charge is 2.39. The molecule has 1 saturated heterocycles. The average Bonchev–Trinajstić information content (AvgIpc) is 3.10. The highest BCUT2D eigenvalue weighted by atomic mass is 32.2. The second-order valence-electron chi connectivity index (χ2n) is 6.78. The number of rotatable bonds is 6. The van der Waals surface area contributed by atoms with Crippen molar-refractivity contribution in [3.63, 3.8) is 0 Å². The molecule has 0 N–H and O–H groups in total. The molecule has 1 amide bonds. The molecule has 31 heavy (non-hydrogen) atoms. The molecule has 7 nitrogen and oxygen atoms in total. The van der Waals surface area contributed by atoms with Crippen LogP contribution in [0.5, 0.6) is 0 Å². The minimum Gasteiger partial charge on any atom is -0.273 e. The Hall–Kier alpha value is -3.78. The zero-order valence-electron chi connectivity index (χ0n) is 16.4. The molecule has 0 aliphatic carbocycles. The second kappa shape index (κ2) is 9.36. The van der Waals surface area contributed by atoms with Crippen LogP contribution in [0.1, 0.15) is 11.1 Å². The van der Waals surface area contributed by atoms with E-state index >= 15 is 0 Å². The van der Waals surface area contributed by atoms with Gasteiger partial charge >= 0.3 is 0 Å². The molecule has 3 aromatic carbocycles. The van der Waals surface area contributed by atoms with Gasteiger partial charge in [-0.05, 0) is 29.7 Å². The first-order chi connectivity index (χ1) is 15.1. The summed E-state index contributed by atoms with van der Waals surface area (Å²) in [5.74, 6) is -0.128. The Kier molecular flexibility index (Phi) is 6.18. The van der Waals surface area contributed by atoms with E-state index in [4.69, 9.17) is 0 Å². The van der Waals surface area contributed by atoms with Crippen molar-refractivity contribution >= 4 is 40.4 Å². The van der Waals surface area contributed by atoms with E-state index in [1.807, 2.05) is 60.7 Å². The van der Waals surface area contributed by atoms with Crippen LogP contribution in [-0.2, 0) is 11.2 Å². The Bertz CT molecular complexity index is 1150. The number of anilines is 1. The number of carbonyl (C=O) groups excluding carboxylic acids is 1. The van der Waals surface area contributed by atoms with Crippen LogP contribution in [-0.4, -0.2) is 27.5 Å². The third-order valence-electron chi connectivity index (χ3n) is 4.64.